The van der Waals surface area contributed by atoms with Crippen molar-refractivity contribution in [2.24, 2.45) is 0 Å². The van der Waals surface area contributed by atoms with Crippen LogP contribution in [0.5, 0.6) is 5.75 Å². The van der Waals surface area contributed by atoms with Crippen molar-refractivity contribution < 1.29 is 17.9 Å². The number of halogens is 2. The van der Waals surface area contributed by atoms with E-state index in [0.29, 0.717) is 5.75 Å². The van der Waals surface area contributed by atoms with Crippen LogP contribution in [-0.4, -0.2) is 34.2 Å². The number of anilines is 1. The number of rotatable bonds is 7. The number of nitrogens with zero attached hydrogens (tertiary/aromatic N) is 1. The number of methoxy groups -OCH3 is 1. The van der Waals surface area contributed by atoms with Crippen LogP contribution < -0.4 is 14.4 Å². The number of nitrogens with one attached hydrogen (secondary N) is 1. The Hall–Kier alpha value is -1.96. The summed E-state index contributed by atoms with van der Waals surface area (Å²) in [6.45, 7) is 1.41. The molecule has 1 N–H and O–H groups in total. The molecule has 0 fully saturated rings. The van der Waals surface area contributed by atoms with E-state index >= 15 is 0 Å². The van der Waals surface area contributed by atoms with Crippen molar-refractivity contribution in [3.8, 4) is 5.75 Å². The van der Waals surface area contributed by atoms with Gasteiger partial charge in [-0.2, -0.15) is 0 Å². The summed E-state index contributed by atoms with van der Waals surface area (Å²) in [4.78, 5) is 12.4. The largest absolute Gasteiger partial charge is 0.497 e. The number of sulfonamides is 1. The molecule has 0 aliphatic carbocycles. The van der Waals surface area contributed by atoms with Gasteiger partial charge in [0.15, 0.2) is 0 Å². The minimum absolute atomic E-state index is 0.224. The number of benzene rings is 2. The van der Waals surface area contributed by atoms with E-state index in [1.54, 1.807) is 26.2 Å². The molecule has 2 aromatic carbocycles. The van der Waals surface area contributed by atoms with Crippen molar-refractivity contribution in [2.45, 2.75) is 13.0 Å². The van der Waals surface area contributed by atoms with Crippen LogP contribution in [0.15, 0.2) is 42.5 Å². The zero-order valence-electron chi connectivity index (χ0n) is 15.1. The highest BCUT2D eigenvalue weighted by Crippen LogP contribution is 2.27. The minimum Gasteiger partial charge on any atom is -0.497 e. The second-order valence-electron chi connectivity index (χ2n) is 5.96. The minimum atomic E-state index is -3.72. The predicted molar refractivity (Wildman–Crippen MR) is 108 cm³/mol. The van der Waals surface area contributed by atoms with Gasteiger partial charge in [-0.25, -0.2) is 8.42 Å². The third-order valence-corrected chi connectivity index (χ3v) is 5.39. The molecule has 0 bridgehead atoms. The summed E-state index contributed by atoms with van der Waals surface area (Å²) in [6.07, 6.45) is 1.02. The van der Waals surface area contributed by atoms with Crippen LogP contribution in [0.2, 0.25) is 10.0 Å². The lowest BCUT2D eigenvalue weighted by Crippen LogP contribution is -2.41. The van der Waals surface area contributed by atoms with Crippen LogP contribution >= 0.6 is 23.2 Å². The van der Waals surface area contributed by atoms with Gasteiger partial charge in [-0.05, 0) is 42.8 Å². The summed E-state index contributed by atoms with van der Waals surface area (Å²) in [5.74, 6) is 0.248. The fourth-order valence-electron chi connectivity index (χ4n) is 2.48. The van der Waals surface area contributed by atoms with Gasteiger partial charge in [0.05, 0.1) is 25.1 Å². The fraction of sp³-hybridized carbons (Fsp3) is 0.278. The van der Waals surface area contributed by atoms with Crippen molar-refractivity contribution in [3.63, 3.8) is 0 Å². The quantitative estimate of drug-likeness (QED) is 0.726. The van der Waals surface area contributed by atoms with Crippen molar-refractivity contribution in [1.29, 1.82) is 0 Å². The summed E-state index contributed by atoms with van der Waals surface area (Å²) in [5.41, 5.74) is 1.09. The van der Waals surface area contributed by atoms with Crippen molar-refractivity contribution in [2.75, 3.05) is 24.2 Å². The average molecular weight is 431 g/mol. The first-order chi connectivity index (χ1) is 12.6. The van der Waals surface area contributed by atoms with Crippen molar-refractivity contribution in [3.05, 3.63) is 58.1 Å². The van der Waals surface area contributed by atoms with Gasteiger partial charge < -0.3 is 10.1 Å². The van der Waals surface area contributed by atoms with Gasteiger partial charge in [0.1, 0.15) is 12.3 Å². The Kier molecular flexibility index (Phi) is 6.97. The zero-order valence-corrected chi connectivity index (χ0v) is 17.4. The highest BCUT2D eigenvalue weighted by Gasteiger charge is 2.22. The number of ether oxygens (including phenoxy) is 1. The van der Waals surface area contributed by atoms with Gasteiger partial charge in [0.2, 0.25) is 15.9 Å². The lowest BCUT2D eigenvalue weighted by molar-refractivity contribution is -0.120. The van der Waals surface area contributed by atoms with Crippen LogP contribution in [0.25, 0.3) is 0 Å². The number of amides is 1. The van der Waals surface area contributed by atoms with Crippen molar-refractivity contribution in [1.82, 2.24) is 5.32 Å². The molecular weight excluding hydrogens is 411 g/mol. The molecule has 146 valence electrons. The first-order valence-electron chi connectivity index (χ1n) is 7.97. The molecule has 0 aliphatic rings. The lowest BCUT2D eigenvalue weighted by Gasteiger charge is -2.23. The Morgan fingerprint density at radius 1 is 1.15 bits per heavy atom. The monoisotopic (exact) mass is 430 g/mol. The molecule has 1 unspecified atom stereocenters. The Labute approximate surface area is 169 Å². The second kappa shape index (κ2) is 8.82. The molecule has 1 atom stereocenters. The first-order valence-corrected chi connectivity index (χ1v) is 10.6. The summed E-state index contributed by atoms with van der Waals surface area (Å²) in [5, 5.41) is 3.34. The maximum Gasteiger partial charge on any atom is 0.241 e. The number of hydrogen-bond donors (Lipinski definition) is 1. The molecule has 27 heavy (non-hydrogen) atoms. The summed E-state index contributed by atoms with van der Waals surface area (Å²) < 4.78 is 30.4. The topological polar surface area (TPSA) is 75.7 Å². The van der Waals surface area contributed by atoms with E-state index in [4.69, 9.17) is 27.9 Å². The fourth-order valence-corrected chi connectivity index (χ4v) is 3.83. The third-order valence-electron chi connectivity index (χ3n) is 3.82. The normalized spacial score (nSPS) is 12.3. The van der Waals surface area contributed by atoms with Crippen LogP contribution in [0, 0.1) is 0 Å². The van der Waals surface area contributed by atoms with E-state index < -0.39 is 22.5 Å². The van der Waals surface area contributed by atoms with E-state index in [1.165, 1.54) is 18.2 Å². The summed E-state index contributed by atoms with van der Waals surface area (Å²) >= 11 is 11.9. The molecule has 0 radical (unpaired) electrons. The Bertz CT molecular complexity index is 897. The molecular formula is C18H20Cl2N2O4S. The van der Waals surface area contributed by atoms with E-state index in [-0.39, 0.29) is 21.8 Å². The maximum atomic E-state index is 12.4. The Morgan fingerprint density at radius 2 is 1.70 bits per heavy atom. The molecule has 2 rings (SSSR count). The molecule has 9 heteroatoms. The third kappa shape index (κ3) is 6.02. The molecule has 0 aliphatic heterocycles. The van der Waals surface area contributed by atoms with Gasteiger partial charge in [-0.3, -0.25) is 9.10 Å². The van der Waals surface area contributed by atoms with Crippen LogP contribution in [-0.2, 0) is 14.8 Å². The van der Waals surface area contributed by atoms with Gasteiger partial charge >= 0.3 is 0 Å². The molecule has 0 heterocycles. The standard InChI is InChI=1S/C18H20Cl2N2O4S/c1-12(13-4-6-17(26-2)7-5-13)21-18(23)11-22(27(3,24)25)16-9-14(19)8-15(20)10-16/h4-10,12H,11H2,1-3H3,(H,21,23). The summed E-state index contributed by atoms with van der Waals surface area (Å²) in [7, 11) is -2.15. The molecule has 6 nitrogen and oxygen atoms in total. The first kappa shape index (κ1) is 21.3. The van der Waals surface area contributed by atoms with Gasteiger partial charge in [-0.1, -0.05) is 35.3 Å². The van der Waals surface area contributed by atoms with Crippen molar-refractivity contribution >= 4 is 44.8 Å². The number of carbonyl (C=O) groups is 1. The highest BCUT2D eigenvalue weighted by molar-refractivity contribution is 7.92. The van der Waals surface area contributed by atoms with E-state index in [9.17, 15) is 13.2 Å². The zero-order chi connectivity index (χ0) is 20.2. The molecule has 0 aromatic heterocycles. The van der Waals surface area contributed by atoms with E-state index in [2.05, 4.69) is 5.32 Å². The summed E-state index contributed by atoms with van der Waals surface area (Å²) in [6, 6.07) is 11.3. The van der Waals surface area contributed by atoms with Gasteiger partial charge in [0, 0.05) is 10.0 Å². The second-order valence-corrected chi connectivity index (χ2v) is 8.74. The van der Waals surface area contributed by atoms with Crippen LogP contribution in [0.1, 0.15) is 18.5 Å². The van der Waals surface area contributed by atoms with Crippen LogP contribution in [0.4, 0.5) is 5.69 Å². The SMILES string of the molecule is COc1ccc(C(C)NC(=O)CN(c2cc(Cl)cc(Cl)c2)S(C)(=O)=O)cc1. The van der Waals surface area contributed by atoms with Gasteiger partial charge in [-0.15, -0.1) is 0 Å². The van der Waals surface area contributed by atoms with Crippen LogP contribution in [0.3, 0.4) is 0 Å². The number of hydrogen-bond acceptors (Lipinski definition) is 4. The van der Waals surface area contributed by atoms with E-state index in [0.717, 1.165) is 16.1 Å². The molecule has 0 saturated carbocycles. The molecule has 1 amide bonds. The Balaban J connectivity index is 2.16. The maximum absolute atomic E-state index is 12.4. The van der Waals surface area contributed by atoms with Gasteiger partial charge in [0.25, 0.3) is 0 Å². The average Bonchev–Trinajstić information content (AvgIpc) is 2.57. The molecule has 2 aromatic rings. The number of carbonyl (C=O) groups excluding carboxylic acids is 1. The lowest BCUT2D eigenvalue weighted by atomic mass is 10.1. The highest BCUT2D eigenvalue weighted by atomic mass is 35.5. The Morgan fingerprint density at radius 3 is 2.19 bits per heavy atom. The molecule has 0 saturated heterocycles. The van der Waals surface area contributed by atoms with E-state index in [1.807, 2.05) is 12.1 Å². The predicted octanol–water partition coefficient (Wildman–Crippen LogP) is 3.65. The molecule has 0 spiro atoms. The smallest absolute Gasteiger partial charge is 0.241 e.